The van der Waals surface area contributed by atoms with Gasteiger partial charge in [-0.2, -0.15) is 0 Å². The van der Waals surface area contributed by atoms with Gasteiger partial charge in [-0.15, -0.1) is 0 Å². The van der Waals surface area contributed by atoms with Crippen LogP contribution in [0.5, 0.6) is 11.5 Å². The fourth-order valence-corrected chi connectivity index (χ4v) is 1.47. The number of anilines is 1. The Labute approximate surface area is 102 Å². The summed E-state index contributed by atoms with van der Waals surface area (Å²) in [6.07, 6.45) is 4.35. The van der Waals surface area contributed by atoms with E-state index in [-0.39, 0.29) is 5.60 Å². The molecule has 4 heteroatoms. The normalized spacial score (nSPS) is 15.5. The van der Waals surface area contributed by atoms with Crippen molar-refractivity contribution in [2.24, 2.45) is 0 Å². The number of aromatic nitrogens is 1. The van der Waals surface area contributed by atoms with Crippen molar-refractivity contribution in [3.8, 4) is 11.5 Å². The fraction of sp³-hybridized carbons (Fsp3) is 0.615. The molecule has 1 aliphatic carbocycles. The number of nitrogens with zero attached hydrogens (tertiary/aromatic N) is 1. The summed E-state index contributed by atoms with van der Waals surface area (Å²) in [4.78, 5) is 4.25. The minimum atomic E-state index is -0.268. The van der Waals surface area contributed by atoms with E-state index in [0.717, 1.165) is 24.4 Å². The standard InChI is InChI=1S/C13H20N2O2/c1-13(2,3)17-11-10(16-9-5-6-9)7-8-15-12(11)14-4/h7-9H,5-6H2,1-4H3,(H,14,15). The zero-order chi connectivity index (χ0) is 12.5. The van der Waals surface area contributed by atoms with Gasteiger partial charge in [0.1, 0.15) is 5.60 Å². The predicted molar refractivity (Wildman–Crippen MR) is 67.8 cm³/mol. The monoisotopic (exact) mass is 236 g/mol. The van der Waals surface area contributed by atoms with Crippen molar-refractivity contribution in [2.45, 2.75) is 45.3 Å². The van der Waals surface area contributed by atoms with Crippen LogP contribution >= 0.6 is 0 Å². The third-order valence-corrected chi connectivity index (χ3v) is 2.33. The predicted octanol–water partition coefficient (Wildman–Crippen LogP) is 2.84. The van der Waals surface area contributed by atoms with Crippen LogP contribution in [-0.2, 0) is 0 Å². The molecule has 0 unspecified atom stereocenters. The average molecular weight is 236 g/mol. The summed E-state index contributed by atoms with van der Waals surface area (Å²) in [6, 6.07) is 1.86. The number of rotatable bonds is 4. The van der Waals surface area contributed by atoms with E-state index in [2.05, 4.69) is 10.3 Å². The SMILES string of the molecule is CNc1nccc(OC2CC2)c1OC(C)(C)C. The zero-order valence-corrected chi connectivity index (χ0v) is 10.9. The second-order valence-corrected chi connectivity index (χ2v) is 5.27. The summed E-state index contributed by atoms with van der Waals surface area (Å²) in [7, 11) is 1.83. The molecule has 17 heavy (non-hydrogen) atoms. The van der Waals surface area contributed by atoms with Crippen molar-refractivity contribution in [2.75, 3.05) is 12.4 Å². The van der Waals surface area contributed by atoms with Crippen molar-refractivity contribution >= 4 is 5.82 Å². The van der Waals surface area contributed by atoms with E-state index in [0.29, 0.717) is 11.9 Å². The molecular weight excluding hydrogens is 216 g/mol. The van der Waals surface area contributed by atoms with E-state index >= 15 is 0 Å². The molecule has 0 aromatic carbocycles. The highest BCUT2D eigenvalue weighted by Crippen LogP contribution is 2.39. The molecule has 0 saturated heterocycles. The average Bonchev–Trinajstić information content (AvgIpc) is 3.02. The summed E-state index contributed by atoms with van der Waals surface area (Å²) in [5.41, 5.74) is -0.268. The second-order valence-electron chi connectivity index (χ2n) is 5.27. The van der Waals surface area contributed by atoms with Crippen LogP contribution in [0.15, 0.2) is 12.3 Å². The van der Waals surface area contributed by atoms with E-state index in [4.69, 9.17) is 9.47 Å². The highest BCUT2D eigenvalue weighted by molar-refractivity contribution is 5.58. The summed E-state index contributed by atoms with van der Waals surface area (Å²) >= 11 is 0. The first-order valence-corrected chi connectivity index (χ1v) is 6.02. The smallest absolute Gasteiger partial charge is 0.204 e. The Hall–Kier alpha value is -1.45. The molecule has 94 valence electrons. The number of hydrogen-bond acceptors (Lipinski definition) is 4. The van der Waals surface area contributed by atoms with Crippen LogP contribution in [0.25, 0.3) is 0 Å². The van der Waals surface area contributed by atoms with Gasteiger partial charge in [-0.25, -0.2) is 4.98 Å². The van der Waals surface area contributed by atoms with E-state index in [1.165, 1.54) is 0 Å². The van der Waals surface area contributed by atoms with Crippen LogP contribution < -0.4 is 14.8 Å². The van der Waals surface area contributed by atoms with Gasteiger partial charge in [0.2, 0.25) is 5.75 Å². The molecule has 0 aliphatic heterocycles. The van der Waals surface area contributed by atoms with Gasteiger partial charge in [-0.3, -0.25) is 0 Å². The Morgan fingerprint density at radius 1 is 1.35 bits per heavy atom. The zero-order valence-electron chi connectivity index (χ0n) is 10.9. The molecular formula is C13H20N2O2. The third kappa shape index (κ3) is 3.25. The first-order chi connectivity index (χ1) is 7.99. The Morgan fingerprint density at radius 2 is 2.06 bits per heavy atom. The summed E-state index contributed by atoms with van der Waals surface area (Å²) in [5, 5.41) is 3.04. The number of hydrogen-bond donors (Lipinski definition) is 1. The van der Waals surface area contributed by atoms with Gasteiger partial charge in [-0.1, -0.05) is 0 Å². The molecule has 1 aromatic rings. The third-order valence-electron chi connectivity index (χ3n) is 2.33. The van der Waals surface area contributed by atoms with Crippen LogP contribution in [0.1, 0.15) is 33.6 Å². The van der Waals surface area contributed by atoms with Crippen LogP contribution in [0.4, 0.5) is 5.82 Å². The minimum absolute atomic E-state index is 0.268. The van der Waals surface area contributed by atoms with E-state index < -0.39 is 0 Å². The highest BCUT2D eigenvalue weighted by Gasteiger charge is 2.27. The molecule has 0 radical (unpaired) electrons. The molecule has 1 aliphatic rings. The first-order valence-electron chi connectivity index (χ1n) is 6.02. The Kier molecular flexibility index (Phi) is 3.13. The molecule has 4 nitrogen and oxygen atoms in total. The second kappa shape index (κ2) is 4.43. The highest BCUT2D eigenvalue weighted by atomic mass is 16.5. The molecule has 1 N–H and O–H groups in total. The molecule has 1 aromatic heterocycles. The van der Waals surface area contributed by atoms with Crippen molar-refractivity contribution in [1.82, 2.24) is 4.98 Å². The van der Waals surface area contributed by atoms with Gasteiger partial charge in [-0.05, 0) is 33.6 Å². The summed E-state index contributed by atoms with van der Waals surface area (Å²) in [6.45, 7) is 6.04. The number of ether oxygens (including phenoxy) is 2. The first kappa shape index (κ1) is 12.0. The molecule has 0 amide bonds. The maximum Gasteiger partial charge on any atom is 0.204 e. The maximum absolute atomic E-state index is 5.93. The maximum atomic E-state index is 5.93. The van der Waals surface area contributed by atoms with Crippen LogP contribution in [0, 0.1) is 0 Å². The van der Waals surface area contributed by atoms with Crippen molar-refractivity contribution < 1.29 is 9.47 Å². The molecule has 1 saturated carbocycles. The number of pyridine rings is 1. The quantitative estimate of drug-likeness (QED) is 0.873. The van der Waals surface area contributed by atoms with Gasteiger partial charge >= 0.3 is 0 Å². The molecule has 0 atom stereocenters. The number of nitrogens with one attached hydrogen (secondary N) is 1. The molecule has 1 fully saturated rings. The minimum Gasteiger partial charge on any atom is -0.486 e. The lowest BCUT2D eigenvalue weighted by atomic mass is 10.2. The summed E-state index contributed by atoms with van der Waals surface area (Å²) < 4.78 is 11.8. The molecule has 2 rings (SSSR count). The lowest BCUT2D eigenvalue weighted by Gasteiger charge is -2.24. The van der Waals surface area contributed by atoms with E-state index in [9.17, 15) is 0 Å². The van der Waals surface area contributed by atoms with Gasteiger partial charge < -0.3 is 14.8 Å². The molecule has 0 spiro atoms. The van der Waals surface area contributed by atoms with Crippen molar-refractivity contribution in [3.63, 3.8) is 0 Å². The van der Waals surface area contributed by atoms with Crippen LogP contribution in [0.3, 0.4) is 0 Å². The lowest BCUT2D eigenvalue weighted by molar-refractivity contribution is 0.123. The molecule has 0 bridgehead atoms. The topological polar surface area (TPSA) is 43.4 Å². The van der Waals surface area contributed by atoms with Gasteiger partial charge in [0.15, 0.2) is 11.6 Å². The van der Waals surface area contributed by atoms with Crippen LogP contribution in [-0.4, -0.2) is 23.7 Å². The lowest BCUT2D eigenvalue weighted by Crippen LogP contribution is -2.24. The Bertz CT molecular complexity index is 395. The molecule has 1 heterocycles. The largest absolute Gasteiger partial charge is 0.486 e. The van der Waals surface area contributed by atoms with E-state index in [1.54, 1.807) is 6.20 Å². The fourth-order valence-electron chi connectivity index (χ4n) is 1.47. The summed E-state index contributed by atoms with van der Waals surface area (Å²) in [5.74, 6) is 2.20. The van der Waals surface area contributed by atoms with Crippen molar-refractivity contribution in [3.05, 3.63) is 12.3 Å². The Morgan fingerprint density at radius 3 is 2.59 bits per heavy atom. The van der Waals surface area contributed by atoms with Gasteiger partial charge in [0.05, 0.1) is 6.10 Å². The van der Waals surface area contributed by atoms with Crippen molar-refractivity contribution in [1.29, 1.82) is 0 Å². The van der Waals surface area contributed by atoms with Gasteiger partial charge in [0, 0.05) is 19.3 Å². The van der Waals surface area contributed by atoms with Gasteiger partial charge in [0.25, 0.3) is 0 Å². The Balaban J connectivity index is 2.28. The van der Waals surface area contributed by atoms with E-state index in [1.807, 2.05) is 33.9 Å². The van der Waals surface area contributed by atoms with Crippen LogP contribution in [0.2, 0.25) is 0 Å².